The molecular formula is C23H22O3. The number of rotatable bonds is 6. The predicted molar refractivity (Wildman–Crippen MR) is 103 cm³/mol. The van der Waals surface area contributed by atoms with Crippen molar-refractivity contribution in [2.75, 3.05) is 0 Å². The van der Waals surface area contributed by atoms with Crippen molar-refractivity contribution in [3.8, 4) is 16.9 Å². The molecule has 0 radical (unpaired) electrons. The zero-order valence-electron chi connectivity index (χ0n) is 15.0. The Morgan fingerprint density at radius 3 is 2.46 bits per heavy atom. The van der Waals surface area contributed by atoms with Crippen LogP contribution in [0.3, 0.4) is 0 Å². The van der Waals surface area contributed by atoms with Gasteiger partial charge in [0.15, 0.2) is 0 Å². The lowest BCUT2D eigenvalue weighted by molar-refractivity contribution is -0.136. The van der Waals surface area contributed by atoms with E-state index in [1.54, 1.807) is 0 Å². The smallest absolute Gasteiger partial charge is 0.307 e. The maximum absolute atomic E-state index is 11.3. The fourth-order valence-corrected chi connectivity index (χ4v) is 2.97. The predicted octanol–water partition coefficient (Wildman–Crippen LogP) is 5.18. The molecular weight excluding hydrogens is 324 g/mol. The molecule has 0 saturated carbocycles. The third-order valence-electron chi connectivity index (χ3n) is 4.34. The van der Waals surface area contributed by atoms with Gasteiger partial charge in [0, 0.05) is 5.56 Å². The third kappa shape index (κ3) is 4.31. The fraction of sp³-hybridized carbons (Fsp3) is 0.174. The Balaban J connectivity index is 1.92. The minimum Gasteiger partial charge on any atom is -0.489 e. The lowest BCUT2D eigenvalue weighted by Crippen LogP contribution is -2.04. The molecule has 132 valence electrons. The van der Waals surface area contributed by atoms with E-state index in [2.05, 4.69) is 32.0 Å². The van der Waals surface area contributed by atoms with Crippen molar-refractivity contribution in [2.24, 2.45) is 0 Å². The summed E-state index contributed by atoms with van der Waals surface area (Å²) >= 11 is 0. The molecule has 26 heavy (non-hydrogen) atoms. The molecule has 0 aliphatic carbocycles. The first-order valence-electron chi connectivity index (χ1n) is 8.62. The average Bonchev–Trinajstić information content (AvgIpc) is 2.63. The maximum atomic E-state index is 11.3. The van der Waals surface area contributed by atoms with Gasteiger partial charge < -0.3 is 9.84 Å². The highest BCUT2D eigenvalue weighted by atomic mass is 16.5. The summed E-state index contributed by atoms with van der Waals surface area (Å²) in [6, 6.07) is 21.9. The number of benzene rings is 3. The molecule has 3 aromatic rings. The summed E-state index contributed by atoms with van der Waals surface area (Å²) < 4.78 is 5.91. The summed E-state index contributed by atoms with van der Waals surface area (Å²) in [5.74, 6) is -0.252. The quantitative estimate of drug-likeness (QED) is 0.669. The highest BCUT2D eigenvalue weighted by Gasteiger charge is 2.12. The number of ether oxygens (including phenoxy) is 1. The second-order valence-corrected chi connectivity index (χ2v) is 6.49. The number of hydrogen-bond acceptors (Lipinski definition) is 2. The van der Waals surface area contributed by atoms with Crippen LogP contribution < -0.4 is 4.74 Å². The van der Waals surface area contributed by atoms with E-state index in [9.17, 15) is 9.90 Å². The van der Waals surface area contributed by atoms with Crippen LogP contribution in [0.15, 0.2) is 66.7 Å². The van der Waals surface area contributed by atoms with Gasteiger partial charge in [-0.25, -0.2) is 0 Å². The van der Waals surface area contributed by atoms with Gasteiger partial charge >= 0.3 is 5.97 Å². The Morgan fingerprint density at radius 1 is 0.962 bits per heavy atom. The van der Waals surface area contributed by atoms with Gasteiger partial charge in [-0.1, -0.05) is 60.2 Å². The highest BCUT2D eigenvalue weighted by molar-refractivity contribution is 5.75. The van der Waals surface area contributed by atoms with E-state index in [0.717, 1.165) is 22.3 Å². The Hall–Kier alpha value is -3.07. The second-order valence-electron chi connectivity index (χ2n) is 6.49. The van der Waals surface area contributed by atoms with E-state index < -0.39 is 5.97 Å². The van der Waals surface area contributed by atoms with Crippen LogP contribution in [0.1, 0.15) is 22.3 Å². The topological polar surface area (TPSA) is 46.5 Å². The summed E-state index contributed by atoms with van der Waals surface area (Å²) in [5, 5.41) is 9.28. The average molecular weight is 346 g/mol. The molecule has 0 amide bonds. The minimum absolute atomic E-state index is 0.0666. The van der Waals surface area contributed by atoms with Crippen molar-refractivity contribution in [2.45, 2.75) is 26.9 Å². The number of aryl methyl sites for hydroxylation is 2. The van der Waals surface area contributed by atoms with Crippen LogP contribution in [0.25, 0.3) is 11.1 Å². The van der Waals surface area contributed by atoms with Crippen molar-refractivity contribution in [1.82, 2.24) is 0 Å². The van der Waals surface area contributed by atoms with Crippen molar-refractivity contribution in [1.29, 1.82) is 0 Å². The molecule has 0 aliphatic rings. The van der Waals surface area contributed by atoms with E-state index in [1.165, 1.54) is 5.56 Å². The molecule has 3 nitrogen and oxygen atoms in total. The monoisotopic (exact) mass is 346 g/mol. The normalized spacial score (nSPS) is 10.5. The van der Waals surface area contributed by atoms with Gasteiger partial charge in [-0.3, -0.25) is 4.79 Å². The summed E-state index contributed by atoms with van der Waals surface area (Å²) in [5.41, 5.74) is 6.20. The van der Waals surface area contributed by atoms with E-state index in [1.807, 2.05) is 48.5 Å². The van der Waals surface area contributed by atoms with Gasteiger partial charge in [0.05, 0.1) is 6.42 Å². The van der Waals surface area contributed by atoms with Crippen LogP contribution in [0.4, 0.5) is 0 Å². The molecule has 0 spiro atoms. The first-order chi connectivity index (χ1) is 12.5. The number of aliphatic carboxylic acids is 1. The molecule has 0 unspecified atom stereocenters. The van der Waals surface area contributed by atoms with Gasteiger partial charge in [-0.2, -0.15) is 0 Å². The van der Waals surface area contributed by atoms with Crippen molar-refractivity contribution in [3.63, 3.8) is 0 Å². The molecule has 0 heterocycles. The molecule has 1 N–H and O–H groups in total. The molecule has 3 rings (SSSR count). The molecule has 0 aliphatic heterocycles. The molecule has 0 saturated heterocycles. The number of carbonyl (C=O) groups is 1. The van der Waals surface area contributed by atoms with Gasteiger partial charge in [0.25, 0.3) is 0 Å². The van der Waals surface area contributed by atoms with Gasteiger partial charge in [-0.05, 0) is 48.2 Å². The molecule has 0 atom stereocenters. The highest BCUT2D eigenvalue weighted by Crippen LogP contribution is 2.30. The maximum Gasteiger partial charge on any atom is 0.307 e. The Kier molecular flexibility index (Phi) is 5.37. The van der Waals surface area contributed by atoms with Crippen LogP contribution in [-0.4, -0.2) is 11.1 Å². The van der Waals surface area contributed by atoms with Gasteiger partial charge in [0.1, 0.15) is 12.4 Å². The molecule has 0 bridgehead atoms. The van der Waals surface area contributed by atoms with Crippen LogP contribution in [0.2, 0.25) is 0 Å². The van der Waals surface area contributed by atoms with Crippen molar-refractivity contribution < 1.29 is 14.6 Å². The first-order valence-corrected chi connectivity index (χ1v) is 8.62. The molecule has 0 fully saturated rings. The molecule has 3 aromatic carbocycles. The SMILES string of the molecule is Cc1ccc(C)c(-c2ccc(OCc3ccccc3)c(CC(=O)O)c2)c1. The second kappa shape index (κ2) is 7.87. The number of carboxylic acid groups (broad SMARTS) is 1. The standard InChI is InChI=1S/C23H22O3/c1-16-8-9-17(2)21(12-16)19-10-11-22(20(13-19)14-23(24)25)26-15-18-6-4-3-5-7-18/h3-13H,14-15H2,1-2H3,(H,24,25). The Labute approximate surface area is 153 Å². The zero-order valence-corrected chi connectivity index (χ0v) is 15.0. The van der Waals surface area contributed by atoms with Crippen molar-refractivity contribution >= 4 is 5.97 Å². The van der Waals surface area contributed by atoms with E-state index in [0.29, 0.717) is 17.9 Å². The third-order valence-corrected chi connectivity index (χ3v) is 4.34. The Bertz CT molecular complexity index is 914. The van der Waals surface area contributed by atoms with Crippen molar-refractivity contribution in [3.05, 3.63) is 89.0 Å². The van der Waals surface area contributed by atoms with Crippen LogP contribution in [0, 0.1) is 13.8 Å². The lowest BCUT2D eigenvalue weighted by atomic mass is 9.96. The van der Waals surface area contributed by atoms with Gasteiger partial charge in [-0.15, -0.1) is 0 Å². The van der Waals surface area contributed by atoms with E-state index in [4.69, 9.17) is 4.74 Å². The number of carboxylic acids is 1. The van der Waals surface area contributed by atoms with E-state index in [-0.39, 0.29) is 6.42 Å². The minimum atomic E-state index is -0.868. The summed E-state index contributed by atoms with van der Waals surface area (Å²) in [4.78, 5) is 11.3. The van der Waals surface area contributed by atoms with E-state index >= 15 is 0 Å². The number of hydrogen-bond donors (Lipinski definition) is 1. The molecule has 0 aromatic heterocycles. The fourth-order valence-electron chi connectivity index (χ4n) is 2.97. The summed E-state index contributed by atoms with van der Waals surface area (Å²) in [6.45, 7) is 4.53. The van der Waals surface area contributed by atoms with Crippen LogP contribution in [0.5, 0.6) is 5.75 Å². The zero-order chi connectivity index (χ0) is 18.5. The van der Waals surface area contributed by atoms with Crippen LogP contribution >= 0.6 is 0 Å². The van der Waals surface area contributed by atoms with Gasteiger partial charge in [0.2, 0.25) is 0 Å². The molecule has 3 heteroatoms. The Morgan fingerprint density at radius 2 is 1.73 bits per heavy atom. The van der Waals surface area contributed by atoms with Crippen LogP contribution in [-0.2, 0) is 17.8 Å². The summed E-state index contributed by atoms with van der Waals surface area (Å²) in [7, 11) is 0. The largest absolute Gasteiger partial charge is 0.489 e. The first kappa shape index (κ1) is 17.7. The lowest BCUT2D eigenvalue weighted by Gasteiger charge is -2.14. The summed E-state index contributed by atoms with van der Waals surface area (Å²) in [6.07, 6.45) is -0.0666.